The number of carbonyl (C=O) groups excluding carboxylic acids is 1. The van der Waals surface area contributed by atoms with E-state index in [-0.39, 0.29) is 12.1 Å². The van der Waals surface area contributed by atoms with Gasteiger partial charge in [0.1, 0.15) is 0 Å². The quantitative estimate of drug-likeness (QED) is 0.644. The molecule has 1 aliphatic rings. The molecule has 0 bridgehead atoms. The molecular weight excluding hydrogens is 362 g/mol. The van der Waals surface area contributed by atoms with Crippen molar-refractivity contribution in [3.05, 3.63) is 84.2 Å². The molecule has 2 aromatic carbocycles. The summed E-state index contributed by atoms with van der Waals surface area (Å²) in [4.78, 5) is 14.9. The van der Waals surface area contributed by atoms with Crippen LogP contribution in [0.1, 0.15) is 30.0 Å². The van der Waals surface area contributed by atoms with E-state index in [2.05, 4.69) is 44.9 Å². The third kappa shape index (κ3) is 5.23. The Morgan fingerprint density at radius 3 is 2.45 bits per heavy atom. The number of benzene rings is 2. The van der Waals surface area contributed by atoms with Crippen LogP contribution in [0.25, 0.3) is 0 Å². The number of amides is 2. The van der Waals surface area contributed by atoms with Crippen molar-refractivity contribution < 1.29 is 4.79 Å². The lowest BCUT2D eigenvalue weighted by molar-refractivity contribution is 0.227. The van der Waals surface area contributed by atoms with Crippen molar-refractivity contribution in [1.82, 2.24) is 20.0 Å². The first kappa shape index (κ1) is 19.2. The maximum Gasteiger partial charge on any atom is 0.319 e. The molecule has 1 aromatic heterocycles. The van der Waals surface area contributed by atoms with E-state index < -0.39 is 0 Å². The van der Waals surface area contributed by atoms with Crippen LogP contribution < -0.4 is 10.6 Å². The molecule has 0 radical (unpaired) electrons. The standard InChI is InChI=1S/C23H27N5O/c29-23(26-21-11-9-19(10-12-21)18-28-16-6-13-25-28)24-17-22(27-14-4-5-15-27)20-7-2-1-3-8-20/h1-3,6-13,16,22H,4-5,14-15,17-18H2,(H2,24,26,29). The van der Waals surface area contributed by atoms with Crippen molar-refractivity contribution in [3.63, 3.8) is 0 Å². The first-order valence-corrected chi connectivity index (χ1v) is 10.2. The minimum absolute atomic E-state index is 0.176. The molecule has 1 fully saturated rings. The fraction of sp³-hybridized carbons (Fsp3) is 0.304. The molecule has 150 valence electrons. The summed E-state index contributed by atoms with van der Waals surface area (Å²) in [5.74, 6) is 0. The van der Waals surface area contributed by atoms with Gasteiger partial charge in [-0.15, -0.1) is 0 Å². The van der Waals surface area contributed by atoms with Gasteiger partial charge in [0.15, 0.2) is 0 Å². The first-order chi connectivity index (χ1) is 14.3. The summed E-state index contributed by atoms with van der Waals surface area (Å²) >= 11 is 0. The van der Waals surface area contributed by atoms with Crippen molar-refractivity contribution in [2.75, 3.05) is 25.0 Å². The van der Waals surface area contributed by atoms with E-state index in [0.29, 0.717) is 13.1 Å². The summed E-state index contributed by atoms with van der Waals surface area (Å²) in [6, 6.07) is 20.2. The van der Waals surface area contributed by atoms with E-state index >= 15 is 0 Å². The molecule has 6 heteroatoms. The molecule has 29 heavy (non-hydrogen) atoms. The molecule has 2 amide bonds. The number of urea groups is 1. The number of nitrogens with zero attached hydrogens (tertiary/aromatic N) is 3. The SMILES string of the molecule is O=C(NCC(c1ccccc1)N1CCCC1)Nc1ccc(Cn2cccn2)cc1. The minimum atomic E-state index is -0.176. The lowest BCUT2D eigenvalue weighted by atomic mass is 10.1. The topological polar surface area (TPSA) is 62.2 Å². The van der Waals surface area contributed by atoms with E-state index in [1.807, 2.05) is 47.3 Å². The van der Waals surface area contributed by atoms with E-state index in [1.165, 1.54) is 18.4 Å². The highest BCUT2D eigenvalue weighted by molar-refractivity contribution is 5.89. The van der Waals surface area contributed by atoms with Crippen LogP contribution in [-0.2, 0) is 6.54 Å². The average molecular weight is 390 g/mol. The third-order valence-corrected chi connectivity index (χ3v) is 5.34. The van der Waals surface area contributed by atoms with Crippen molar-refractivity contribution in [1.29, 1.82) is 0 Å². The molecule has 1 unspecified atom stereocenters. The van der Waals surface area contributed by atoms with Gasteiger partial charge < -0.3 is 10.6 Å². The second-order valence-electron chi connectivity index (χ2n) is 7.41. The zero-order valence-electron chi connectivity index (χ0n) is 16.5. The zero-order chi connectivity index (χ0) is 19.9. The van der Waals surface area contributed by atoms with Gasteiger partial charge in [-0.3, -0.25) is 9.58 Å². The average Bonchev–Trinajstić information content (AvgIpc) is 3.45. The van der Waals surface area contributed by atoms with E-state index in [4.69, 9.17) is 0 Å². The van der Waals surface area contributed by atoms with Crippen LogP contribution in [0, 0.1) is 0 Å². The molecule has 0 aliphatic carbocycles. The number of carbonyl (C=O) groups is 1. The Labute approximate surface area is 171 Å². The number of nitrogens with one attached hydrogen (secondary N) is 2. The predicted molar refractivity (Wildman–Crippen MR) is 115 cm³/mol. The van der Waals surface area contributed by atoms with Crippen LogP contribution in [0.2, 0.25) is 0 Å². The highest BCUT2D eigenvalue weighted by atomic mass is 16.2. The second kappa shape index (κ2) is 9.39. The van der Waals surface area contributed by atoms with Crippen molar-refractivity contribution in [3.8, 4) is 0 Å². The van der Waals surface area contributed by atoms with Crippen LogP contribution in [0.4, 0.5) is 10.5 Å². The monoisotopic (exact) mass is 389 g/mol. The molecule has 4 rings (SSSR count). The van der Waals surface area contributed by atoms with E-state index in [0.717, 1.165) is 24.3 Å². The molecule has 1 atom stereocenters. The Morgan fingerprint density at radius 2 is 1.76 bits per heavy atom. The van der Waals surface area contributed by atoms with Crippen LogP contribution in [0.5, 0.6) is 0 Å². The number of likely N-dealkylation sites (tertiary alicyclic amines) is 1. The maximum absolute atomic E-state index is 12.4. The van der Waals surface area contributed by atoms with Crippen molar-refractivity contribution in [2.45, 2.75) is 25.4 Å². The molecule has 2 heterocycles. The second-order valence-corrected chi connectivity index (χ2v) is 7.41. The fourth-order valence-electron chi connectivity index (χ4n) is 3.83. The van der Waals surface area contributed by atoms with Crippen LogP contribution in [0.3, 0.4) is 0 Å². The van der Waals surface area contributed by atoms with E-state index in [1.54, 1.807) is 6.20 Å². The molecule has 0 saturated carbocycles. The molecule has 2 N–H and O–H groups in total. The highest BCUT2D eigenvalue weighted by Crippen LogP contribution is 2.24. The molecule has 1 saturated heterocycles. The van der Waals surface area contributed by atoms with Gasteiger partial charge in [0, 0.05) is 24.6 Å². The fourth-order valence-corrected chi connectivity index (χ4v) is 3.83. The van der Waals surface area contributed by atoms with Gasteiger partial charge in [0.25, 0.3) is 0 Å². The smallest absolute Gasteiger partial charge is 0.319 e. The molecule has 6 nitrogen and oxygen atoms in total. The van der Waals surface area contributed by atoms with Gasteiger partial charge in [0.05, 0.1) is 12.6 Å². The summed E-state index contributed by atoms with van der Waals surface area (Å²) in [5, 5.41) is 10.2. The summed E-state index contributed by atoms with van der Waals surface area (Å²) < 4.78 is 1.87. The summed E-state index contributed by atoms with van der Waals surface area (Å²) in [6.45, 7) is 3.47. The summed E-state index contributed by atoms with van der Waals surface area (Å²) in [6.07, 6.45) is 6.15. The Balaban J connectivity index is 1.32. The first-order valence-electron chi connectivity index (χ1n) is 10.2. The normalized spacial score (nSPS) is 15.2. The molecular formula is C23H27N5O. The Kier molecular flexibility index (Phi) is 6.22. The number of hydrogen-bond donors (Lipinski definition) is 2. The summed E-state index contributed by atoms with van der Waals surface area (Å²) in [5.41, 5.74) is 3.17. The molecule has 0 spiro atoms. The zero-order valence-corrected chi connectivity index (χ0v) is 16.5. The van der Waals surface area contributed by atoms with Crippen LogP contribution >= 0.6 is 0 Å². The van der Waals surface area contributed by atoms with Crippen molar-refractivity contribution >= 4 is 11.7 Å². The lowest BCUT2D eigenvalue weighted by Crippen LogP contribution is -2.38. The Morgan fingerprint density at radius 1 is 1.00 bits per heavy atom. The Hall–Kier alpha value is -3.12. The maximum atomic E-state index is 12.4. The minimum Gasteiger partial charge on any atom is -0.336 e. The number of aromatic nitrogens is 2. The van der Waals surface area contributed by atoms with Gasteiger partial charge in [-0.05, 0) is 55.3 Å². The Bertz CT molecular complexity index is 887. The van der Waals surface area contributed by atoms with E-state index in [9.17, 15) is 4.79 Å². The van der Waals surface area contributed by atoms with Gasteiger partial charge in [-0.2, -0.15) is 5.10 Å². The van der Waals surface area contributed by atoms with Gasteiger partial charge in [-0.25, -0.2) is 4.79 Å². The van der Waals surface area contributed by atoms with Gasteiger partial charge >= 0.3 is 6.03 Å². The third-order valence-electron chi connectivity index (χ3n) is 5.34. The van der Waals surface area contributed by atoms with Gasteiger partial charge in [-0.1, -0.05) is 42.5 Å². The highest BCUT2D eigenvalue weighted by Gasteiger charge is 2.23. The van der Waals surface area contributed by atoms with Crippen LogP contribution in [0.15, 0.2) is 73.1 Å². The largest absolute Gasteiger partial charge is 0.336 e. The molecule has 3 aromatic rings. The summed E-state index contributed by atoms with van der Waals surface area (Å²) in [7, 11) is 0. The number of hydrogen-bond acceptors (Lipinski definition) is 3. The predicted octanol–water partition coefficient (Wildman–Crippen LogP) is 3.89. The van der Waals surface area contributed by atoms with Crippen molar-refractivity contribution in [2.24, 2.45) is 0 Å². The lowest BCUT2D eigenvalue weighted by Gasteiger charge is -2.28. The number of rotatable bonds is 7. The van der Waals surface area contributed by atoms with Gasteiger partial charge in [0.2, 0.25) is 0 Å². The number of anilines is 1. The molecule has 1 aliphatic heterocycles. The van der Waals surface area contributed by atoms with Crippen LogP contribution in [-0.4, -0.2) is 40.3 Å².